The fraction of sp³-hybridized carbons (Fsp3) is 0.125. The molecule has 0 aliphatic carbocycles. The number of rotatable bonds is 7. The zero-order valence-corrected chi connectivity index (χ0v) is 16.5. The first kappa shape index (κ1) is 19.1. The molecule has 0 spiro atoms. The third-order valence-electron chi connectivity index (χ3n) is 3.19. The maximum atomic E-state index is 12.4. The lowest BCUT2D eigenvalue weighted by atomic mass is 10.3. The standard InChI is InChI=1S/C16H15N5O3S3/c1-24-10-4-2-9(3-5-10)19-14(23)12-13(17)21-16(27-12)26-8-11(22)20-15-18-6-7-25-15/h2-7H,8,17H2,1H3,(H,19,23)(H,18,20,22). The molecule has 0 saturated heterocycles. The molecule has 0 bridgehead atoms. The van der Waals surface area contributed by atoms with Crippen LogP contribution in [0.2, 0.25) is 0 Å². The van der Waals surface area contributed by atoms with Crippen LogP contribution < -0.4 is 21.1 Å². The van der Waals surface area contributed by atoms with Gasteiger partial charge in [-0.2, -0.15) is 0 Å². The van der Waals surface area contributed by atoms with Crippen LogP contribution in [-0.2, 0) is 4.79 Å². The lowest BCUT2D eigenvalue weighted by molar-refractivity contribution is -0.113. The molecule has 140 valence electrons. The van der Waals surface area contributed by atoms with Gasteiger partial charge in [0.1, 0.15) is 16.4 Å². The van der Waals surface area contributed by atoms with E-state index in [0.717, 1.165) is 11.3 Å². The Balaban J connectivity index is 1.57. The summed E-state index contributed by atoms with van der Waals surface area (Å²) in [4.78, 5) is 32.7. The first-order chi connectivity index (χ1) is 13.0. The molecule has 0 aliphatic heterocycles. The van der Waals surface area contributed by atoms with E-state index in [-0.39, 0.29) is 23.4 Å². The molecule has 2 amide bonds. The molecule has 2 heterocycles. The molecule has 8 nitrogen and oxygen atoms in total. The first-order valence-corrected chi connectivity index (χ1v) is 10.3. The molecular weight excluding hydrogens is 406 g/mol. The van der Waals surface area contributed by atoms with Crippen molar-refractivity contribution in [2.24, 2.45) is 0 Å². The Morgan fingerprint density at radius 3 is 2.70 bits per heavy atom. The number of aromatic nitrogens is 2. The zero-order chi connectivity index (χ0) is 19.2. The van der Waals surface area contributed by atoms with Gasteiger partial charge in [-0.3, -0.25) is 9.59 Å². The third kappa shape index (κ3) is 5.18. The number of ether oxygens (including phenoxy) is 1. The molecule has 3 rings (SSSR count). The van der Waals surface area contributed by atoms with Crippen molar-refractivity contribution in [1.82, 2.24) is 9.97 Å². The summed E-state index contributed by atoms with van der Waals surface area (Å²) >= 11 is 3.69. The van der Waals surface area contributed by atoms with Crippen molar-refractivity contribution in [3.8, 4) is 5.75 Å². The summed E-state index contributed by atoms with van der Waals surface area (Å²) < 4.78 is 5.62. The highest BCUT2D eigenvalue weighted by Gasteiger charge is 2.17. The largest absolute Gasteiger partial charge is 0.497 e. The van der Waals surface area contributed by atoms with Crippen LogP contribution in [0.3, 0.4) is 0 Å². The highest BCUT2D eigenvalue weighted by atomic mass is 32.2. The van der Waals surface area contributed by atoms with Crippen LogP contribution in [0, 0.1) is 0 Å². The number of nitrogen functional groups attached to an aromatic ring is 1. The van der Waals surface area contributed by atoms with Crippen molar-refractivity contribution in [3.05, 3.63) is 40.7 Å². The third-order valence-corrected chi connectivity index (χ3v) is 6.09. The Morgan fingerprint density at radius 2 is 2.04 bits per heavy atom. The van der Waals surface area contributed by atoms with Crippen LogP contribution in [0.25, 0.3) is 0 Å². The molecule has 0 fully saturated rings. The van der Waals surface area contributed by atoms with Gasteiger partial charge in [0, 0.05) is 17.3 Å². The van der Waals surface area contributed by atoms with Gasteiger partial charge in [0.25, 0.3) is 5.91 Å². The summed E-state index contributed by atoms with van der Waals surface area (Å²) in [5, 5.41) is 7.76. The van der Waals surface area contributed by atoms with Gasteiger partial charge in [-0.25, -0.2) is 9.97 Å². The molecule has 27 heavy (non-hydrogen) atoms. The van der Waals surface area contributed by atoms with Crippen LogP contribution in [0.1, 0.15) is 9.67 Å². The minimum absolute atomic E-state index is 0.133. The number of amides is 2. The number of anilines is 3. The highest BCUT2D eigenvalue weighted by Crippen LogP contribution is 2.30. The molecule has 2 aromatic heterocycles. The van der Waals surface area contributed by atoms with Crippen LogP contribution in [0.5, 0.6) is 5.75 Å². The second kappa shape index (κ2) is 8.84. The number of hydrogen-bond donors (Lipinski definition) is 3. The predicted octanol–water partition coefficient (Wildman–Crippen LogP) is 3.17. The maximum Gasteiger partial charge on any atom is 0.269 e. The van der Waals surface area contributed by atoms with E-state index in [0.29, 0.717) is 25.8 Å². The molecule has 0 saturated carbocycles. The van der Waals surface area contributed by atoms with Crippen LogP contribution >= 0.6 is 34.4 Å². The number of carbonyl (C=O) groups is 2. The van der Waals surface area contributed by atoms with Gasteiger partial charge in [-0.15, -0.1) is 22.7 Å². The van der Waals surface area contributed by atoms with Crippen LogP contribution in [0.15, 0.2) is 40.2 Å². The number of thioether (sulfide) groups is 1. The van der Waals surface area contributed by atoms with Crippen molar-refractivity contribution in [1.29, 1.82) is 0 Å². The normalized spacial score (nSPS) is 10.4. The Labute approximate surface area is 167 Å². The summed E-state index contributed by atoms with van der Waals surface area (Å²) in [5.41, 5.74) is 6.47. The fourth-order valence-corrected chi connectivity index (χ4v) is 4.28. The molecule has 3 aromatic rings. The molecule has 11 heteroatoms. The van der Waals surface area contributed by atoms with Crippen molar-refractivity contribution in [2.45, 2.75) is 4.34 Å². The van der Waals surface area contributed by atoms with E-state index in [9.17, 15) is 9.59 Å². The number of nitrogens with zero attached hydrogens (tertiary/aromatic N) is 2. The highest BCUT2D eigenvalue weighted by molar-refractivity contribution is 8.01. The van der Waals surface area contributed by atoms with E-state index < -0.39 is 0 Å². The average Bonchev–Trinajstić information content (AvgIpc) is 3.30. The number of nitrogens with one attached hydrogen (secondary N) is 2. The Bertz CT molecular complexity index is 925. The van der Waals surface area contributed by atoms with Gasteiger partial charge in [0.15, 0.2) is 9.47 Å². The molecule has 0 radical (unpaired) electrons. The SMILES string of the molecule is COc1ccc(NC(=O)c2sc(SCC(=O)Nc3nccs3)nc2N)cc1. The Kier molecular flexibility index (Phi) is 6.27. The van der Waals surface area contributed by atoms with Gasteiger partial charge in [0.05, 0.1) is 12.9 Å². The lowest BCUT2D eigenvalue weighted by Gasteiger charge is -2.05. The van der Waals surface area contributed by atoms with E-state index in [2.05, 4.69) is 20.6 Å². The monoisotopic (exact) mass is 421 g/mol. The number of hydrogen-bond acceptors (Lipinski definition) is 9. The molecule has 0 unspecified atom stereocenters. The average molecular weight is 422 g/mol. The molecule has 0 atom stereocenters. The number of nitrogens with two attached hydrogens (primary N) is 1. The number of benzene rings is 1. The zero-order valence-electron chi connectivity index (χ0n) is 14.1. The smallest absolute Gasteiger partial charge is 0.269 e. The van der Waals surface area contributed by atoms with Gasteiger partial charge in [0.2, 0.25) is 5.91 Å². The minimum atomic E-state index is -0.353. The van der Waals surface area contributed by atoms with Gasteiger partial charge >= 0.3 is 0 Å². The van der Waals surface area contributed by atoms with E-state index >= 15 is 0 Å². The van der Waals surface area contributed by atoms with Crippen LogP contribution in [-0.4, -0.2) is 34.6 Å². The van der Waals surface area contributed by atoms with Crippen molar-refractivity contribution in [3.63, 3.8) is 0 Å². The van der Waals surface area contributed by atoms with E-state index in [1.807, 2.05) is 0 Å². The summed E-state index contributed by atoms with van der Waals surface area (Å²) in [5.74, 6) is 0.419. The van der Waals surface area contributed by atoms with Gasteiger partial charge in [-0.1, -0.05) is 11.8 Å². The van der Waals surface area contributed by atoms with Gasteiger partial charge < -0.3 is 21.1 Å². The molecule has 0 aliphatic rings. The summed E-state index contributed by atoms with van der Waals surface area (Å²) in [6.07, 6.45) is 1.61. The summed E-state index contributed by atoms with van der Waals surface area (Å²) in [6.45, 7) is 0. The van der Waals surface area contributed by atoms with E-state index in [4.69, 9.17) is 10.5 Å². The Hall–Kier alpha value is -2.63. The van der Waals surface area contributed by atoms with E-state index in [1.165, 1.54) is 23.1 Å². The van der Waals surface area contributed by atoms with E-state index in [1.54, 1.807) is 43.0 Å². The van der Waals surface area contributed by atoms with Gasteiger partial charge in [-0.05, 0) is 24.3 Å². The second-order valence-electron chi connectivity index (χ2n) is 5.05. The molecule has 4 N–H and O–H groups in total. The molecular formula is C16H15N5O3S3. The predicted molar refractivity (Wildman–Crippen MR) is 109 cm³/mol. The Morgan fingerprint density at radius 1 is 1.26 bits per heavy atom. The lowest BCUT2D eigenvalue weighted by Crippen LogP contribution is -2.13. The number of thiazole rings is 2. The van der Waals surface area contributed by atoms with Crippen molar-refractivity contribution >= 4 is 62.9 Å². The van der Waals surface area contributed by atoms with Crippen LogP contribution in [0.4, 0.5) is 16.6 Å². The summed E-state index contributed by atoms with van der Waals surface area (Å²) in [6, 6.07) is 6.95. The van der Waals surface area contributed by atoms with Crippen molar-refractivity contribution < 1.29 is 14.3 Å². The fourth-order valence-electron chi connectivity index (χ4n) is 1.97. The quantitative estimate of drug-likeness (QED) is 0.501. The second-order valence-corrected chi connectivity index (χ2v) is 8.17. The minimum Gasteiger partial charge on any atom is -0.497 e. The molecule has 1 aromatic carbocycles. The summed E-state index contributed by atoms with van der Waals surface area (Å²) in [7, 11) is 1.57. The topological polar surface area (TPSA) is 119 Å². The number of carbonyl (C=O) groups excluding carboxylic acids is 2. The first-order valence-electron chi connectivity index (χ1n) is 7.59. The van der Waals surface area contributed by atoms with Crippen molar-refractivity contribution in [2.75, 3.05) is 29.2 Å². The number of methoxy groups -OCH3 is 1. The maximum absolute atomic E-state index is 12.4.